The van der Waals surface area contributed by atoms with Gasteiger partial charge >= 0.3 is 0 Å². The van der Waals surface area contributed by atoms with Crippen molar-refractivity contribution in [3.8, 4) is 22.8 Å². The highest BCUT2D eigenvalue weighted by atomic mass is 16.5. The first-order chi connectivity index (χ1) is 10.2. The van der Waals surface area contributed by atoms with E-state index in [9.17, 15) is 4.79 Å². The number of carbonyl (C=O) groups is 1. The maximum atomic E-state index is 11.6. The topological polar surface area (TPSA) is 74.4 Å². The molecule has 2 rings (SSSR count). The zero-order chi connectivity index (χ0) is 15.2. The first-order valence-corrected chi connectivity index (χ1v) is 6.72. The summed E-state index contributed by atoms with van der Waals surface area (Å²) in [5, 5.41) is 0. The number of benzene rings is 1. The molecule has 5 nitrogen and oxygen atoms in total. The number of primary amides is 1. The molecule has 0 spiro atoms. The molecule has 0 fully saturated rings. The second kappa shape index (κ2) is 6.74. The van der Waals surface area contributed by atoms with Crippen LogP contribution in [0.2, 0.25) is 0 Å². The molecule has 0 bridgehead atoms. The maximum Gasteiger partial charge on any atom is 0.252 e. The largest absolute Gasteiger partial charge is 0.493 e. The van der Waals surface area contributed by atoms with Gasteiger partial charge in [0.2, 0.25) is 5.88 Å². The average Bonchev–Trinajstić information content (AvgIpc) is 2.52. The summed E-state index contributed by atoms with van der Waals surface area (Å²) in [6.07, 6.45) is 2.55. The SMILES string of the molecule is CCCOc1ccc(-c2ccc(OC)nc2)cc1C(N)=O. The number of hydrogen-bond donors (Lipinski definition) is 1. The van der Waals surface area contributed by atoms with Gasteiger partial charge in [-0.15, -0.1) is 0 Å². The van der Waals surface area contributed by atoms with Crippen molar-refractivity contribution in [1.82, 2.24) is 4.98 Å². The minimum absolute atomic E-state index is 0.372. The van der Waals surface area contributed by atoms with Gasteiger partial charge in [0.25, 0.3) is 5.91 Å². The molecule has 0 atom stereocenters. The predicted molar refractivity (Wildman–Crippen MR) is 80.5 cm³/mol. The maximum absolute atomic E-state index is 11.6. The van der Waals surface area contributed by atoms with Gasteiger partial charge in [-0.1, -0.05) is 13.0 Å². The molecule has 21 heavy (non-hydrogen) atoms. The molecule has 0 saturated heterocycles. The van der Waals surface area contributed by atoms with E-state index >= 15 is 0 Å². The van der Waals surface area contributed by atoms with Gasteiger partial charge in [0.1, 0.15) is 5.75 Å². The predicted octanol–water partition coefficient (Wildman–Crippen LogP) is 2.64. The molecular formula is C16H18N2O3. The van der Waals surface area contributed by atoms with Gasteiger partial charge in [0.05, 0.1) is 19.3 Å². The Morgan fingerprint density at radius 3 is 2.57 bits per heavy atom. The van der Waals surface area contributed by atoms with Crippen molar-refractivity contribution in [2.75, 3.05) is 13.7 Å². The van der Waals surface area contributed by atoms with E-state index in [1.165, 1.54) is 0 Å². The summed E-state index contributed by atoms with van der Waals surface area (Å²) < 4.78 is 10.6. The van der Waals surface area contributed by atoms with Crippen molar-refractivity contribution >= 4 is 5.91 Å². The third-order valence-corrected chi connectivity index (χ3v) is 2.99. The van der Waals surface area contributed by atoms with Gasteiger partial charge in [0, 0.05) is 17.8 Å². The Labute approximate surface area is 123 Å². The quantitative estimate of drug-likeness (QED) is 0.885. The van der Waals surface area contributed by atoms with Crippen molar-refractivity contribution in [3.63, 3.8) is 0 Å². The molecule has 5 heteroatoms. The van der Waals surface area contributed by atoms with Crippen molar-refractivity contribution < 1.29 is 14.3 Å². The summed E-state index contributed by atoms with van der Waals surface area (Å²) in [5.41, 5.74) is 7.52. The Hall–Kier alpha value is -2.56. The second-order valence-corrected chi connectivity index (χ2v) is 4.51. The number of pyridine rings is 1. The highest BCUT2D eigenvalue weighted by Gasteiger charge is 2.11. The van der Waals surface area contributed by atoms with Crippen LogP contribution in [0.3, 0.4) is 0 Å². The summed E-state index contributed by atoms with van der Waals surface area (Å²) >= 11 is 0. The molecule has 0 aliphatic heterocycles. The summed E-state index contributed by atoms with van der Waals surface area (Å²) in [4.78, 5) is 15.7. The monoisotopic (exact) mass is 286 g/mol. The zero-order valence-electron chi connectivity index (χ0n) is 12.1. The highest BCUT2D eigenvalue weighted by molar-refractivity contribution is 5.97. The molecule has 2 N–H and O–H groups in total. The van der Waals surface area contributed by atoms with E-state index < -0.39 is 5.91 Å². The smallest absolute Gasteiger partial charge is 0.252 e. The minimum atomic E-state index is -0.510. The lowest BCUT2D eigenvalue weighted by molar-refractivity contribution is 0.0996. The van der Waals surface area contributed by atoms with Crippen LogP contribution in [0, 0.1) is 0 Å². The van der Waals surface area contributed by atoms with Gasteiger partial charge in [0.15, 0.2) is 0 Å². The molecule has 0 saturated carbocycles. The van der Waals surface area contributed by atoms with Crippen molar-refractivity contribution in [1.29, 1.82) is 0 Å². The number of rotatable bonds is 6. The van der Waals surface area contributed by atoms with Crippen molar-refractivity contribution in [2.24, 2.45) is 5.73 Å². The van der Waals surface area contributed by atoms with Crippen LogP contribution < -0.4 is 15.2 Å². The van der Waals surface area contributed by atoms with E-state index in [1.54, 1.807) is 31.5 Å². The Bertz CT molecular complexity index is 624. The summed E-state index contributed by atoms with van der Waals surface area (Å²) in [6.45, 7) is 2.55. The van der Waals surface area contributed by atoms with Crippen molar-refractivity contribution in [2.45, 2.75) is 13.3 Å². The molecule has 0 aliphatic carbocycles. The fourth-order valence-electron chi connectivity index (χ4n) is 1.91. The van der Waals surface area contributed by atoms with Crippen LogP contribution in [0.5, 0.6) is 11.6 Å². The van der Waals surface area contributed by atoms with E-state index in [2.05, 4.69) is 4.98 Å². The van der Waals surface area contributed by atoms with E-state index in [4.69, 9.17) is 15.2 Å². The second-order valence-electron chi connectivity index (χ2n) is 4.51. The van der Waals surface area contributed by atoms with E-state index in [0.29, 0.717) is 23.8 Å². The number of ether oxygens (including phenoxy) is 2. The van der Waals surface area contributed by atoms with E-state index in [1.807, 2.05) is 19.1 Å². The number of methoxy groups -OCH3 is 1. The standard InChI is InChI=1S/C16H18N2O3/c1-3-8-21-14-6-4-11(9-13(14)16(17)19)12-5-7-15(20-2)18-10-12/h4-7,9-10H,3,8H2,1-2H3,(H2,17,19). The van der Waals surface area contributed by atoms with Crippen molar-refractivity contribution in [3.05, 3.63) is 42.1 Å². The van der Waals surface area contributed by atoms with Gasteiger partial charge in [-0.05, 0) is 30.2 Å². The Morgan fingerprint density at radius 2 is 2.00 bits per heavy atom. The van der Waals surface area contributed by atoms with Crippen LogP contribution in [-0.4, -0.2) is 24.6 Å². The third kappa shape index (κ3) is 3.51. The first-order valence-electron chi connectivity index (χ1n) is 6.72. The van der Waals surface area contributed by atoms with Crippen LogP contribution in [0.15, 0.2) is 36.5 Å². The highest BCUT2D eigenvalue weighted by Crippen LogP contribution is 2.27. The first kappa shape index (κ1) is 14.8. The van der Waals surface area contributed by atoms with Crippen LogP contribution in [0.4, 0.5) is 0 Å². The Morgan fingerprint density at radius 1 is 1.24 bits per heavy atom. The lowest BCUT2D eigenvalue weighted by atomic mass is 10.0. The lowest BCUT2D eigenvalue weighted by Crippen LogP contribution is -2.13. The van der Waals surface area contributed by atoms with Gasteiger partial charge < -0.3 is 15.2 Å². The normalized spacial score (nSPS) is 10.2. The average molecular weight is 286 g/mol. The van der Waals surface area contributed by atoms with E-state index in [0.717, 1.165) is 17.5 Å². The van der Waals surface area contributed by atoms with Gasteiger partial charge in [-0.2, -0.15) is 0 Å². The zero-order valence-corrected chi connectivity index (χ0v) is 12.1. The third-order valence-electron chi connectivity index (χ3n) is 2.99. The summed E-state index contributed by atoms with van der Waals surface area (Å²) in [5.74, 6) is 0.538. The summed E-state index contributed by atoms with van der Waals surface area (Å²) in [7, 11) is 1.56. The molecule has 1 aromatic carbocycles. The molecule has 0 unspecified atom stereocenters. The van der Waals surface area contributed by atoms with Gasteiger partial charge in [-0.25, -0.2) is 4.98 Å². The molecule has 0 radical (unpaired) electrons. The number of nitrogens with two attached hydrogens (primary N) is 1. The number of amides is 1. The lowest BCUT2D eigenvalue weighted by Gasteiger charge is -2.11. The molecule has 1 heterocycles. The van der Waals surface area contributed by atoms with E-state index in [-0.39, 0.29) is 0 Å². The molecular weight excluding hydrogens is 268 g/mol. The Balaban J connectivity index is 2.36. The van der Waals surface area contributed by atoms with Crippen LogP contribution in [0.1, 0.15) is 23.7 Å². The van der Waals surface area contributed by atoms with Crippen LogP contribution in [0.25, 0.3) is 11.1 Å². The molecule has 1 amide bonds. The van der Waals surface area contributed by atoms with Crippen LogP contribution in [-0.2, 0) is 0 Å². The minimum Gasteiger partial charge on any atom is -0.493 e. The van der Waals surface area contributed by atoms with Crippen LogP contribution >= 0.6 is 0 Å². The van der Waals surface area contributed by atoms with Gasteiger partial charge in [-0.3, -0.25) is 4.79 Å². The Kier molecular flexibility index (Phi) is 4.77. The summed E-state index contributed by atoms with van der Waals surface area (Å²) in [6, 6.07) is 8.99. The molecule has 0 aliphatic rings. The molecule has 110 valence electrons. The fraction of sp³-hybridized carbons (Fsp3) is 0.250. The molecule has 1 aromatic heterocycles. The number of aromatic nitrogens is 1. The number of nitrogens with zero attached hydrogens (tertiary/aromatic N) is 1. The number of hydrogen-bond acceptors (Lipinski definition) is 4. The number of carbonyl (C=O) groups excluding carboxylic acids is 1. The fourth-order valence-corrected chi connectivity index (χ4v) is 1.91. The molecule has 2 aromatic rings.